The topological polar surface area (TPSA) is 47.0 Å². The molecule has 1 saturated carbocycles. The summed E-state index contributed by atoms with van der Waals surface area (Å²) in [6, 6.07) is 0.432. The molecular formula is C13H20ClN3O. The van der Waals surface area contributed by atoms with Crippen molar-refractivity contribution in [1.82, 2.24) is 9.97 Å². The minimum atomic E-state index is 0.354. The summed E-state index contributed by atoms with van der Waals surface area (Å²) >= 11 is 5.99. The van der Waals surface area contributed by atoms with Crippen LogP contribution < -0.4 is 10.1 Å². The van der Waals surface area contributed by atoms with Crippen LogP contribution in [0.4, 0.5) is 5.82 Å². The van der Waals surface area contributed by atoms with Gasteiger partial charge in [-0.3, -0.25) is 0 Å². The Morgan fingerprint density at radius 3 is 2.78 bits per heavy atom. The van der Waals surface area contributed by atoms with Crippen LogP contribution in [-0.4, -0.2) is 23.1 Å². The Balaban J connectivity index is 2.12. The van der Waals surface area contributed by atoms with E-state index in [9.17, 15) is 0 Å². The van der Waals surface area contributed by atoms with Crippen LogP contribution in [0.5, 0.6) is 5.75 Å². The van der Waals surface area contributed by atoms with E-state index in [0.29, 0.717) is 28.7 Å². The van der Waals surface area contributed by atoms with E-state index in [0.717, 1.165) is 12.3 Å². The molecule has 1 heterocycles. The Morgan fingerprint density at radius 2 is 2.11 bits per heavy atom. The number of aromatic nitrogens is 2. The van der Waals surface area contributed by atoms with Crippen LogP contribution >= 0.6 is 11.6 Å². The van der Waals surface area contributed by atoms with Crippen molar-refractivity contribution in [2.24, 2.45) is 11.8 Å². The molecule has 0 amide bonds. The molecule has 0 aliphatic heterocycles. The van der Waals surface area contributed by atoms with E-state index in [1.165, 1.54) is 19.2 Å². The number of nitrogens with one attached hydrogen (secondary N) is 1. The van der Waals surface area contributed by atoms with Crippen LogP contribution in [0, 0.1) is 11.8 Å². The summed E-state index contributed by atoms with van der Waals surface area (Å²) in [6.45, 7) is 4.59. The molecule has 5 heteroatoms. The number of ether oxygens (including phenoxy) is 1. The first-order chi connectivity index (χ1) is 8.61. The number of methoxy groups -OCH3 is 1. The Kier molecular flexibility index (Phi) is 4.27. The maximum Gasteiger partial charge on any atom is 0.198 e. The molecule has 0 spiro atoms. The fraction of sp³-hybridized carbons (Fsp3) is 0.692. The predicted octanol–water partition coefficient (Wildman–Crippen LogP) is 3.38. The molecule has 3 atom stereocenters. The van der Waals surface area contributed by atoms with Gasteiger partial charge in [-0.25, -0.2) is 9.97 Å². The molecular weight excluding hydrogens is 250 g/mol. The monoisotopic (exact) mass is 269 g/mol. The van der Waals surface area contributed by atoms with E-state index < -0.39 is 0 Å². The maximum atomic E-state index is 5.99. The third kappa shape index (κ3) is 2.86. The zero-order valence-corrected chi connectivity index (χ0v) is 11.9. The maximum absolute atomic E-state index is 5.99. The van der Waals surface area contributed by atoms with E-state index in [-0.39, 0.29) is 0 Å². The third-order valence-electron chi connectivity index (χ3n) is 3.72. The summed E-state index contributed by atoms with van der Waals surface area (Å²) in [5, 5.41) is 3.80. The van der Waals surface area contributed by atoms with Gasteiger partial charge in [-0.1, -0.05) is 25.4 Å². The van der Waals surface area contributed by atoms with E-state index >= 15 is 0 Å². The van der Waals surface area contributed by atoms with Crippen molar-refractivity contribution in [2.45, 2.75) is 39.2 Å². The van der Waals surface area contributed by atoms with Gasteiger partial charge in [-0.05, 0) is 31.1 Å². The lowest BCUT2D eigenvalue weighted by Crippen LogP contribution is -2.33. The molecule has 0 aromatic carbocycles. The Labute approximate surface area is 113 Å². The first-order valence-corrected chi connectivity index (χ1v) is 6.80. The quantitative estimate of drug-likeness (QED) is 0.855. The summed E-state index contributed by atoms with van der Waals surface area (Å²) in [7, 11) is 1.59. The van der Waals surface area contributed by atoms with Crippen LogP contribution in [-0.2, 0) is 0 Å². The van der Waals surface area contributed by atoms with E-state index in [2.05, 4.69) is 29.1 Å². The van der Waals surface area contributed by atoms with Crippen molar-refractivity contribution in [3.63, 3.8) is 0 Å². The molecule has 0 bridgehead atoms. The largest absolute Gasteiger partial charge is 0.490 e. The van der Waals surface area contributed by atoms with Crippen LogP contribution in [0.25, 0.3) is 0 Å². The number of halogens is 1. The van der Waals surface area contributed by atoms with Crippen LogP contribution in [0.3, 0.4) is 0 Å². The molecule has 100 valence electrons. The molecule has 3 unspecified atom stereocenters. The molecule has 0 saturated heterocycles. The zero-order valence-electron chi connectivity index (χ0n) is 11.1. The number of rotatable bonds is 3. The molecule has 1 fully saturated rings. The highest BCUT2D eigenvalue weighted by molar-refractivity contribution is 6.31. The van der Waals surface area contributed by atoms with Crippen molar-refractivity contribution in [3.8, 4) is 5.75 Å². The summed E-state index contributed by atoms with van der Waals surface area (Å²) in [5.74, 6) is 2.68. The Bertz CT molecular complexity index is 413. The SMILES string of the molecule is COc1c(Cl)ncnc1NC1CCC(C)CC1C. The van der Waals surface area contributed by atoms with Gasteiger partial charge in [0.05, 0.1) is 7.11 Å². The lowest BCUT2D eigenvalue weighted by Gasteiger charge is -2.33. The second-order valence-electron chi connectivity index (χ2n) is 5.19. The highest BCUT2D eigenvalue weighted by atomic mass is 35.5. The smallest absolute Gasteiger partial charge is 0.198 e. The molecule has 1 N–H and O–H groups in total. The molecule has 0 radical (unpaired) electrons. The van der Waals surface area contributed by atoms with Gasteiger partial charge < -0.3 is 10.1 Å². The molecule has 1 aliphatic carbocycles. The fourth-order valence-electron chi connectivity index (χ4n) is 2.69. The standard InChI is InChI=1S/C13H20ClN3O/c1-8-4-5-10(9(2)6-8)17-13-11(18-3)12(14)15-7-16-13/h7-10H,4-6H2,1-3H3,(H,15,16,17). The van der Waals surface area contributed by atoms with Gasteiger partial charge in [0.1, 0.15) is 6.33 Å². The van der Waals surface area contributed by atoms with Gasteiger partial charge in [0.2, 0.25) is 0 Å². The molecule has 18 heavy (non-hydrogen) atoms. The Hall–Kier alpha value is -1.03. The normalized spacial score (nSPS) is 27.9. The van der Waals surface area contributed by atoms with Crippen molar-refractivity contribution in [1.29, 1.82) is 0 Å². The molecule has 1 aliphatic rings. The van der Waals surface area contributed by atoms with Gasteiger partial charge in [-0.2, -0.15) is 0 Å². The van der Waals surface area contributed by atoms with Gasteiger partial charge in [0.25, 0.3) is 0 Å². The summed E-state index contributed by atoms with van der Waals surface area (Å²) in [6.07, 6.45) is 5.12. The highest BCUT2D eigenvalue weighted by Gasteiger charge is 2.26. The fourth-order valence-corrected chi connectivity index (χ4v) is 2.90. The van der Waals surface area contributed by atoms with Gasteiger partial charge >= 0.3 is 0 Å². The van der Waals surface area contributed by atoms with Crippen molar-refractivity contribution in [2.75, 3.05) is 12.4 Å². The van der Waals surface area contributed by atoms with E-state index in [1.54, 1.807) is 7.11 Å². The number of hydrogen-bond acceptors (Lipinski definition) is 4. The minimum Gasteiger partial charge on any atom is -0.490 e. The average molecular weight is 270 g/mol. The molecule has 4 nitrogen and oxygen atoms in total. The van der Waals surface area contributed by atoms with Crippen LogP contribution in [0.2, 0.25) is 5.15 Å². The summed E-state index contributed by atoms with van der Waals surface area (Å²) in [4.78, 5) is 8.15. The van der Waals surface area contributed by atoms with Gasteiger partial charge in [0.15, 0.2) is 16.7 Å². The lowest BCUT2D eigenvalue weighted by molar-refractivity contribution is 0.275. The van der Waals surface area contributed by atoms with Crippen molar-refractivity contribution < 1.29 is 4.74 Å². The highest BCUT2D eigenvalue weighted by Crippen LogP contribution is 2.34. The van der Waals surface area contributed by atoms with Gasteiger partial charge in [0, 0.05) is 6.04 Å². The number of anilines is 1. The van der Waals surface area contributed by atoms with Crippen molar-refractivity contribution >= 4 is 17.4 Å². The van der Waals surface area contributed by atoms with Crippen LogP contribution in [0.1, 0.15) is 33.1 Å². The van der Waals surface area contributed by atoms with E-state index in [4.69, 9.17) is 16.3 Å². The molecule has 2 rings (SSSR count). The number of hydrogen-bond donors (Lipinski definition) is 1. The third-order valence-corrected chi connectivity index (χ3v) is 3.99. The average Bonchev–Trinajstić information content (AvgIpc) is 2.33. The summed E-state index contributed by atoms with van der Waals surface area (Å²) in [5.41, 5.74) is 0. The van der Waals surface area contributed by atoms with E-state index in [1.807, 2.05) is 0 Å². The van der Waals surface area contributed by atoms with Crippen molar-refractivity contribution in [3.05, 3.63) is 11.5 Å². The Morgan fingerprint density at radius 1 is 1.33 bits per heavy atom. The number of nitrogens with zero attached hydrogens (tertiary/aromatic N) is 2. The molecule has 1 aromatic rings. The zero-order chi connectivity index (χ0) is 13.1. The molecule has 1 aromatic heterocycles. The first-order valence-electron chi connectivity index (χ1n) is 6.42. The minimum absolute atomic E-state index is 0.354. The second kappa shape index (κ2) is 5.74. The van der Waals surface area contributed by atoms with Crippen LogP contribution in [0.15, 0.2) is 6.33 Å². The summed E-state index contributed by atoms with van der Waals surface area (Å²) < 4.78 is 5.25. The van der Waals surface area contributed by atoms with Gasteiger partial charge in [-0.15, -0.1) is 0 Å². The lowest BCUT2D eigenvalue weighted by atomic mass is 9.80. The predicted molar refractivity (Wildman–Crippen MR) is 73.2 cm³/mol. The second-order valence-corrected chi connectivity index (χ2v) is 5.55. The first kappa shape index (κ1) is 13.4.